The Morgan fingerprint density at radius 1 is 1.16 bits per heavy atom. The highest BCUT2D eigenvalue weighted by atomic mass is 32.1. The van der Waals surface area contributed by atoms with Gasteiger partial charge in [0.15, 0.2) is 29.1 Å². The minimum atomic E-state index is -2.29. The molecule has 2 heterocycles. The quantitative estimate of drug-likeness (QED) is 0.424. The van der Waals surface area contributed by atoms with Crippen molar-refractivity contribution in [2.45, 2.75) is 75.5 Å². The van der Waals surface area contributed by atoms with Crippen molar-refractivity contribution in [3.05, 3.63) is 75.5 Å². The van der Waals surface area contributed by atoms with E-state index >= 15 is 8.78 Å². The molecule has 0 unspecified atom stereocenters. The average Bonchev–Trinajstić information content (AvgIpc) is 3.65. The molecule has 1 saturated heterocycles. The van der Waals surface area contributed by atoms with Gasteiger partial charge in [0.1, 0.15) is 12.8 Å². The molecule has 4 aliphatic carbocycles. The molecule has 43 heavy (non-hydrogen) atoms. The largest absolute Gasteiger partial charge is 0.398 e. The molecule has 1 aromatic carbocycles. The van der Waals surface area contributed by atoms with Crippen molar-refractivity contribution >= 4 is 28.6 Å². The molecule has 10 heteroatoms. The molecular formula is C33H35F2NO6S. The van der Waals surface area contributed by atoms with E-state index in [2.05, 4.69) is 0 Å². The molecule has 2 aromatic rings. The van der Waals surface area contributed by atoms with Crippen LogP contribution in [0.5, 0.6) is 0 Å². The van der Waals surface area contributed by atoms with E-state index in [1.54, 1.807) is 6.92 Å². The Bertz CT molecular complexity index is 1570. The predicted molar refractivity (Wildman–Crippen MR) is 156 cm³/mol. The highest BCUT2D eigenvalue weighted by molar-refractivity contribution is 7.12. The van der Waals surface area contributed by atoms with Gasteiger partial charge in [-0.05, 0) is 73.6 Å². The van der Waals surface area contributed by atoms with E-state index in [1.165, 1.54) is 30.4 Å². The van der Waals surface area contributed by atoms with Gasteiger partial charge in [0.05, 0.1) is 17.1 Å². The second-order valence-corrected chi connectivity index (χ2v) is 14.4. The molecule has 7 nitrogen and oxygen atoms in total. The first-order chi connectivity index (χ1) is 20.4. The van der Waals surface area contributed by atoms with Crippen molar-refractivity contribution in [2.24, 2.45) is 22.7 Å². The number of carbonyl (C=O) groups excluding carboxylic acids is 2. The summed E-state index contributed by atoms with van der Waals surface area (Å²) >= 11 is 1.47. The number of carbonyl (C=O) groups is 2. The van der Waals surface area contributed by atoms with Crippen molar-refractivity contribution in [3.63, 3.8) is 0 Å². The van der Waals surface area contributed by atoms with Gasteiger partial charge in [-0.15, -0.1) is 11.3 Å². The number of thiophene rings is 1. The van der Waals surface area contributed by atoms with E-state index in [9.17, 15) is 19.8 Å². The summed E-state index contributed by atoms with van der Waals surface area (Å²) in [6.07, 6.45) is -0.731. The van der Waals surface area contributed by atoms with Crippen LogP contribution in [0.2, 0.25) is 0 Å². The number of hydrogen-bond acceptors (Lipinski definition) is 8. The number of halogens is 2. The van der Waals surface area contributed by atoms with Crippen molar-refractivity contribution in [1.82, 2.24) is 0 Å². The van der Waals surface area contributed by atoms with Crippen LogP contribution >= 0.6 is 11.3 Å². The number of aliphatic hydroxyl groups is 2. The average molecular weight is 612 g/mol. The minimum absolute atomic E-state index is 0.0408. The molecule has 1 aliphatic heterocycles. The summed E-state index contributed by atoms with van der Waals surface area (Å²) in [4.78, 5) is 27.6. The molecule has 1 aromatic heterocycles. The van der Waals surface area contributed by atoms with E-state index in [1.807, 2.05) is 36.4 Å². The Hall–Kier alpha value is -2.76. The fourth-order valence-electron chi connectivity index (χ4n) is 9.19. The summed E-state index contributed by atoms with van der Waals surface area (Å²) in [6.45, 7) is 2.50. The summed E-state index contributed by atoms with van der Waals surface area (Å²) < 4.78 is 46.3. The molecule has 0 radical (unpaired) electrons. The normalized spacial score (nSPS) is 43.0. The SMILES string of the molecule is C[C@]12C=CC(=O)C=C1[C@@H](F)C[C@H]1[C@@H]3C[C@H]4O[C@@H](c5ccc(Cc6ccccc6N)s5)O[C@@]4(C(=O)CO)[C@@]3(C)C[C@H](O)[C@@]12F. The van der Waals surface area contributed by atoms with Gasteiger partial charge in [0, 0.05) is 33.7 Å². The maximum atomic E-state index is 17.5. The van der Waals surface area contributed by atoms with Crippen molar-refractivity contribution in [1.29, 1.82) is 0 Å². The lowest BCUT2D eigenvalue weighted by molar-refractivity contribution is -0.234. The number of benzene rings is 1. The first-order valence-corrected chi connectivity index (χ1v) is 15.6. The lowest BCUT2D eigenvalue weighted by atomic mass is 9.44. The Morgan fingerprint density at radius 3 is 2.67 bits per heavy atom. The second kappa shape index (κ2) is 9.62. The Morgan fingerprint density at radius 2 is 1.93 bits per heavy atom. The summed E-state index contributed by atoms with van der Waals surface area (Å²) in [5.41, 5.74) is 1.21. The molecule has 4 fully saturated rings. The molecular weight excluding hydrogens is 576 g/mol. The zero-order chi connectivity index (χ0) is 30.5. The number of nitrogens with two attached hydrogens (primary N) is 1. The van der Waals surface area contributed by atoms with Gasteiger partial charge >= 0.3 is 0 Å². The van der Waals surface area contributed by atoms with Crippen LogP contribution in [0, 0.1) is 22.7 Å². The third-order valence-electron chi connectivity index (χ3n) is 11.3. The van der Waals surface area contributed by atoms with Gasteiger partial charge in [-0.25, -0.2) is 8.78 Å². The molecule has 7 rings (SSSR count). The van der Waals surface area contributed by atoms with Crippen LogP contribution in [0.1, 0.15) is 54.7 Å². The van der Waals surface area contributed by atoms with Gasteiger partial charge < -0.3 is 25.4 Å². The van der Waals surface area contributed by atoms with Crippen LogP contribution in [0.3, 0.4) is 0 Å². The number of nitrogen functional groups attached to an aromatic ring is 1. The highest BCUT2D eigenvalue weighted by Crippen LogP contribution is 2.72. The zero-order valence-corrected chi connectivity index (χ0v) is 24.8. The van der Waals surface area contributed by atoms with Crippen molar-refractivity contribution < 1.29 is 38.1 Å². The number of anilines is 1. The monoisotopic (exact) mass is 611 g/mol. The van der Waals surface area contributed by atoms with E-state index in [4.69, 9.17) is 15.2 Å². The number of rotatable bonds is 5. The Labute approximate surface area is 252 Å². The number of ether oxygens (including phenoxy) is 2. The number of alkyl halides is 2. The molecule has 0 amide bonds. The number of para-hydroxylation sites is 1. The van der Waals surface area contributed by atoms with Gasteiger partial charge in [-0.3, -0.25) is 9.59 Å². The zero-order valence-electron chi connectivity index (χ0n) is 24.0. The number of ketones is 2. The number of fused-ring (bicyclic) bond motifs is 7. The summed E-state index contributed by atoms with van der Waals surface area (Å²) in [6, 6.07) is 11.4. The lowest BCUT2D eigenvalue weighted by Gasteiger charge is -2.63. The van der Waals surface area contributed by atoms with Gasteiger partial charge in [0.2, 0.25) is 0 Å². The van der Waals surface area contributed by atoms with Gasteiger partial charge in [-0.2, -0.15) is 0 Å². The topological polar surface area (TPSA) is 119 Å². The van der Waals surface area contributed by atoms with Crippen LogP contribution in [0.25, 0.3) is 0 Å². The molecule has 4 N–H and O–H groups in total. The molecule has 0 bridgehead atoms. The molecule has 3 saturated carbocycles. The maximum absolute atomic E-state index is 17.5. The van der Waals surface area contributed by atoms with Crippen molar-refractivity contribution in [2.75, 3.05) is 12.3 Å². The number of aliphatic hydroxyl groups excluding tert-OH is 2. The summed E-state index contributed by atoms with van der Waals surface area (Å²) in [5, 5.41) is 21.8. The van der Waals surface area contributed by atoms with Crippen LogP contribution in [0.15, 0.2) is 60.2 Å². The summed E-state index contributed by atoms with van der Waals surface area (Å²) in [7, 11) is 0. The second-order valence-electron chi connectivity index (χ2n) is 13.2. The molecule has 0 spiro atoms. The van der Waals surface area contributed by atoms with Crippen LogP contribution in [0.4, 0.5) is 14.5 Å². The highest BCUT2D eigenvalue weighted by Gasteiger charge is 2.80. The van der Waals surface area contributed by atoms with Crippen molar-refractivity contribution in [3.8, 4) is 0 Å². The van der Waals surface area contributed by atoms with E-state index in [-0.39, 0.29) is 24.8 Å². The van der Waals surface area contributed by atoms with E-state index < -0.39 is 76.8 Å². The smallest absolute Gasteiger partial charge is 0.194 e. The number of hydrogen-bond donors (Lipinski definition) is 3. The Kier molecular flexibility index (Phi) is 6.48. The Balaban J connectivity index is 1.23. The van der Waals surface area contributed by atoms with Crippen LogP contribution in [-0.2, 0) is 25.5 Å². The lowest BCUT2D eigenvalue weighted by Crippen LogP contribution is -2.70. The number of Topliss-reactive ketones (excluding diaryl/α,β-unsaturated/α-hetero) is 1. The molecule has 228 valence electrons. The first kappa shape index (κ1) is 29.0. The van der Waals surface area contributed by atoms with E-state index in [0.29, 0.717) is 12.1 Å². The molecule has 5 aliphatic rings. The van der Waals surface area contributed by atoms with Gasteiger partial charge in [-0.1, -0.05) is 31.2 Å². The van der Waals surface area contributed by atoms with Crippen LogP contribution < -0.4 is 5.73 Å². The predicted octanol–water partition coefficient (Wildman–Crippen LogP) is 4.56. The minimum Gasteiger partial charge on any atom is -0.398 e. The third-order valence-corrected chi connectivity index (χ3v) is 12.4. The van der Waals surface area contributed by atoms with E-state index in [0.717, 1.165) is 21.4 Å². The third kappa shape index (κ3) is 3.70. The fraction of sp³-hybridized carbons (Fsp3) is 0.515. The van der Waals surface area contributed by atoms with Crippen LogP contribution in [-0.4, -0.2) is 58.0 Å². The first-order valence-electron chi connectivity index (χ1n) is 14.7. The maximum Gasteiger partial charge on any atom is 0.194 e. The van der Waals surface area contributed by atoms with Gasteiger partial charge in [0.25, 0.3) is 0 Å². The fourth-order valence-corrected chi connectivity index (χ4v) is 10.2. The number of allylic oxidation sites excluding steroid dienone is 4. The standard InChI is InChI=1S/C33H35F2NO6S/c1-30-10-9-18(38)12-22(30)23(34)13-21-20-14-28-33(27(40)16-37,31(20,2)15-26(39)32(21,30)35)42-29(41-28)25-8-7-19(43-25)11-17-5-3-4-6-24(17)36/h3-10,12,20-21,23,26,28-29,37,39H,11,13-16,36H2,1-2H3/t20-,21-,23-,26-,28+,29+,30-,31-,32-,33+/m0/s1. The molecule has 10 atom stereocenters. The summed E-state index contributed by atoms with van der Waals surface area (Å²) in [5.74, 6) is -2.59.